The number of rotatable bonds is 5. The Hall–Kier alpha value is -4.18. The van der Waals surface area contributed by atoms with Gasteiger partial charge in [0.15, 0.2) is 5.65 Å². The molecule has 0 bridgehead atoms. The van der Waals surface area contributed by atoms with Crippen LogP contribution in [0.25, 0.3) is 22.3 Å². The maximum Gasteiger partial charge on any atom is 0.410 e. The van der Waals surface area contributed by atoms with Crippen LogP contribution in [-0.4, -0.2) is 73.5 Å². The molecule has 2 aromatic carbocycles. The van der Waals surface area contributed by atoms with Crippen LogP contribution in [0.2, 0.25) is 0 Å². The van der Waals surface area contributed by atoms with Crippen molar-refractivity contribution in [3.05, 3.63) is 60.9 Å². The number of ether oxygens (including phenoxy) is 2. The molecule has 2 aliphatic rings. The van der Waals surface area contributed by atoms with Gasteiger partial charge in [0.2, 0.25) is 0 Å². The number of amides is 1. The van der Waals surface area contributed by atoms with Crippen LogP contribution in [0.3, 0.4) is 0 Å². The van der Waals surface area contributed by atoms with Crippen LogP contribution in [-0.2, 0) is 4.74 Å². The highest BCUT2D eigenvalue weighted by atomic mass is 16.6. The van der Waals surface area contributed by atoms with Crippen LogP contribution in [0.1, 0.15) is 52.5 Å². The standard InChI is InChI=1S/C32H39N7O3/c1-32(2,3)42-31(40)38-19-13-23(14-20-38)37-17-15-24(16-18-37)39-30-27(29(33)34-21-35-30)28(36-39)22-9-11-26(12-10-22)41-25-7-5-4-6-8-25/h4-12,21,23-24H,13-20H2,1-3H3,(H2,33,34,35). The summed E-state index contributed by atoms with van der Waals surface area (Å²) in [5.41, 5.74) is 8.40. The molecule has 0 aliphatic carbocycles. The van der Waals surface area contributed by atoms with Crippen molar-refractivity contribution in [2.45, 2.75) is 64.1 Å². The highest BCUT2D eigenvalue weighted by Crippen LogP contribution is 2.36. The monoisotopic (exact) mass is 569 g/mol. The third-order valence-electron chi connectivity index (χ3n) is 8.10. The number of aromatic nitrogens is 4. The van der Waals surface area contributed by atoms with Crippen LogP contribution in [0.5, 0.6) is 11.5 Å². The molecule has 0 unspecified atom stereocenters. The first-order valence-corrected chi connectivity index (χ1v) is 14.8. The number of piperidine rings is 2. The SMILES string of the molecule is CC(C)(C)OC(=O)N1CCC(N2CCC(n3nc(-c4ccc(Oc5ccccc5)cc4)c4c(N)ncnc43)CC2)CC1. The molecule has 2 saturated heterocycles. The Morgan fingerprint density at radius 2 is 1.50 bits per heavy atom. The van der Waals surface area contributed by atoms with Crippen molar-refractivity contribution in [1.29, 1.82) is 0 Å². The number of nitrogen functional groups attached to an aromatic ring is 1. The van der Waals surface area contributed by atoms with Crippen LogP contribution in [0, 0.1) is 0 Å². The van der Waals surface area contributed by atoms with Crippen LogP contribution >= 0.6 is 0 Å². The van der Waals surface area contributed by atoms with Gasteiger partial charge in [0.1, 0.15) is 34.9 Å². The van der Waals surface area contributed by atoms with Crippen molar-refractivity contribution < 1.29 is 14.3 Å². The third kappa shape index (κ3) is 6.04. The van der Waals surface area contributed by atoms with Crippen LogP contribution in [0.15, 0.2) is 60.9 Å². The number of likely N-dealkylation sites (tertiary alicyclic amines) is 2. The minimum Gasteiger partial charge on any atom is -0.457 e. The van der Waals surface area contributed by atoms with Gasteiger partial charge in [0.05, 0.1) is 11.4 Å². The molecule has 220 valence electrons. The summed E-state index contributed by atoms with van der Waals surface area (Å²) in [7, 11) is 0. The summed E-state index contributed by atoms with van der Waals surface area (Å²) in [6.07, 6.45) is 5.18. The zero-order chi connectivity index (χ0) is 29.3. The molecule has 2 N–H and O–H groups in total. The van der Waals surface area contributed by atoms with Gasteiger partial charge in [-0.05, 0) is 82.9 Å². The predicted molar refractivity (Wildman–Crippen MR) is 162 cm³/mol. The Morgan fingerprint density at radius 3 is 2.17 bits per heavy atom. The molecule has 2 fully saturated rings. The van der Waals surface area contributed by atoms with E-state index in [2.05, 4.69) is 19.5 Å². The molecule has 0 atom stereocenters. The fourth-order valence-electron chi connectivity index (χ4n) is 5.99. The first-order valence-electron chi connectivity index (χ1n) is 14.8. The molecule has 4 aromatic rings. The van der Waals surface area contributed by atoms with Crippen molar-refractivity contribution in [1.82, 2.24) is 29.5 Å². The van der Waals surface area contributed by atoms with E-state index in [1.165, 1.54) is 6.33 Å². The van der Waals surface area contributed by atoms with Gasteiger partial charge in [0.25, 0.3) is 0 Å². The van der Waals surface area contributed by atoms with Gasteiger partial charge in [0, 0.05) is 37.8 Å². The van der Waals surface area contributed by atoms with Gasteiger partial charge in [-0.1, -0.05) is 18.2 Å². The number of para-hydroxylation sites is 1. The lowest BCUT2D eigenvalue weighted by Crippen LogP contribution is -2.50. The summed E-state index contributed by atoms with van der Waals surface area (Å²) in [6, 6.07) is 18.3. The second-order valence-electron chi connectivity index (χ2n) is 12.2. The molecule has 6 rings (SSSR count). The lowest BCUT2D eigenvalue weighted by atomic mass is 9.98. The Morgan fingerprint density at radius 1 is 0.857 bits per heavy atom. The number of fused-ring (bicyclic) bond motifs is 1. The fraction of sp³-hybridized carbons (Fsp3) is 0.438. The molecule has 42 heavy (non-hydrogen) atoms. The molecule has 2 aliphatic heterocycles. The maximum absolute atomic E-state index is 12.5. The number of hydrogen-bond donors (Lipinski definition) is 1. The summed E-state index contributed by atoms with van der Waals surface area (Å²) in [4.78, 5) is 25.8. The predicted octanol–water partition coefficient (Wildman–Crippen LogP) is 5.90. The number of carbonyl (C=O) groups excluding carboxylic acids is 1. The van der Waals surface area contributed by atoms with E-state index in [1.807, 2.05) is 80.3 Å². The Labute approximate surface area is 246 Å². The number of anilines is 1. The largest absolute Gasteiger partial charge is 0.457 e. The highest BCUT2D eigenvalue weighted by molar-refractivity contribution is 5.98. The number of carbonyl (C=O) groups is 1. The minimum absolute atomic E-state index is 0.208. The summed E-state index contributed by atoms with van der Waals surface area (Å²) in [5, 5.41) is 5.85. The van der Waals surface area contributed by atoms with Gasteiger partial charge in [-0.15, -0.1) is 0 Å². The number of nitrogens with zero attached hydrogens (tertiary/aromatic N) is 6. The molecule has 0 saturated carbocycles. The highest BCUT2D eigenvalue weighted by Gasteiger charge is 2.33. The van der Waals surface area contributed by atoms with Crippen LogP contribution in [0.4, 0.5) is 10.6 Å². The summed E-state index contributed by atoms with van der Waals surface area (Å²) >= 11 is 0. The second kappa shape index (κ2) is 11.6. The van der Waals surface area contributed by atoms with E-state index in [-0.39, 0.29) is 12.1 Å². The second-order valence-corrected chi connectivity index (χ2v) is 12.2. The molecule has 1 amide bonds. The van der Waals surface area contributed by atoms with Gasteiger partial charge in [-0.25, -0.2) is 19.4 Å². The van der Waals surface area contributed by atoms with Crippen molar-refractivity contribution >= 4 is 22.9 Å². The molecule has 10 heteroatoms. The first kappa shape index (κ1) is 28.0. The summed E-state index contributed by atoms with van der Waals surface area (Å²) in [5.74, 6) is 1.97. The van der Waals surface area contributed by atoms with E-state index < -0.39 is 5.60 Å². The van der Waals surface area contributed by atoms with Gasteiger partial charge in [-0.3, -0.25) is 0 Å². The van der Waals surface area contributed by atoms with E-state index in [0.29, 0.717) is 11.9 Å². The fourth-order valence-corrected chi connectivity index (χ4v) is 5.99. The summed E-state index contributed by atoms with van der Waals surface area (Å²) in [6.45, 7) is 9.15. The van der Waals surface area contributed by atoms with Crippen molar-refractivity contribution in [3.8, 4) is 22.8 Å². The van der Waals surface area contributed by atoms with E-state index >= 15 is 0 Å². The first-order chi connectivity index (χ1) is 20.2. The average molecular weight is 570 g/mol. The third-order valence-corrected chi connectivity index (χ3v) is 8.10. The molecular weight excluding hydrogens is 530 g/mol. The van der Waals surface area contributed by atoms with Gasteiger partial charge < -0.3 is 25.0 Å². The molecule has 2 aromatic heterocycles. The van der Waals surface area contributed by atoms with E-state index in [9.17, 15) is 4.79 Å². The molecule has 0 spiro atoms. The van der Waals surface area contributed by atoms with Crippen molar-refractivity contribution in [2.24, 2.45) is 0 Å². The van der Waals surface area contributed by atoms with Gasteiger partial charge in [-0.2, -0.15) is 5.10 Å². The zero-order valence-corrected chi connectivity index (χ0v) is 24.6. The van der Waals surface area contributed by atoms with E-state index in [1.54, 1.807) is 0 Å². The Balaban J connectivity index is 1.13. The smallest absolute Gasteiger partial charge is 0.410 e. The Bertz CT molecular complexity index is 1520. The minimum atomic E-state index is -0.470. The van der Waals surface area contributed by atoms with Crippen molar-refractivity contribution in [3.63, 3.8) is 0 Å². The normalized spacial score (nSPS) is 17.5. The molecule has 4 heterocycles. The van der Waals surface area contributed by atoms with Crippen molar-refractivity contribution in [2.75, 3.05) is 31.9 Å². The lowest BCUT2D eigenvalue weighted by molar-refractivity contribution is 0.0119. The quantitative estimate of drug-likeness (QED) is 0.316. The molecule has 10 nitrogen and oxygen atoms in total. The van der Waals surface area contributed by atoms with E-state index in [0.717, 1.165) is 85.7 Å². The number of hydrogen-bond acceptors (Lipinski definition) is 8. The van der Waals surface area contributed by atoms with Crippen LogP contribution < -0.4 is 10.5 Å². The molecule has 0 radical (unpaired) electrons. The van der Waals surface area contributed by atoms with Gasteiger partial charge >= 0.3 is 6.09 Å². The average Bonchev–Trinajstić information content (AvgIpc) is 3.38. The lowest BCUT2D eigenvalue weighted by Gasteiger charge is -2.41. The molecular formula is C32H39N7O3. The zero-order valence-electron chi connectivity index (χ0n) is 24.6. The summed E-state index contributed by atoms with van der Waals surface area (Å²) < 4.78 is 13.6. The Kier molecular flexibility index (Phi) is 7.72. The maximum atomic E-state index is 12.5. The topological polar surface area (TPSA) is 112 Å². The number of benzene rings is 2. The van der Waals surface area contributed by atoms with E-state index in [4.69, 9.17) is 20.3 Å². The number of nitrogens with two attached hydrogens (primary N) is 1.